The lowest BCUT2D eigenvalue weighted by molar-refractivity contribution is -0.141. The van der Waals surface area contributed by atoms with Crippen LogP contribution in [-0.2, 0) is 27.4 Å². The van der Waals surface area contributed by atoms with Crippen molar-refractivity contribution in [1.82, 2.24) is 5.32 Å². The van der Waals surface area contributed by atoms with Crippen LogP contribution in [0.15, 0.2) is 42.5 Å². The first-order valence-corrected chi connectivity index (χ1v) is 8.06. The molecule has 0 saturated carbocycles. The summed E-state index contributed by atoms with van der Waals surface area (Å²) in [6.07, 6.45) is 0.117. The molecular weight excluding hydrogens is 318 g/mol. The predicted octanol–water partition coefficient (Wildman–Crippen LogP) is 2.93. The largest absolute Gasteiger partial charge is 0.479 e. The summed E-state index contributed by atoms with van der Waals surface area (Å²) in [6.45, 7) is 4.34. The Morgan fingerprint density at radius 2 is 1.80 bits per heavy atom. The topological polar surface area (TPSA) is 75.6 Å². The van der Waals surface area contributed by atoms with Crippen molar-refractivity contribution in [2.45, 2.75) is 32.9 Å². The second-order valence-corrected chi connectivity index (χ2v) is 6.11. The van der Waals surface area contributed by atoms with E-state index in [0.717, 1.165) is 22.3 Å². The van der Waals surface area contributed by atoms with Crippen LogP contribution in [0.1, 0.15) is 33.9 Å². The van der Waals surface area contributed by atoms with E-state index in [0.29, 0.717) is 12.2 Å². The van der Waals surface area contributed by atoms with Crippen molar-refractivity contribution in [2.75, 3.05) is 7.11 Å². The molecule has 0 fully saturated rings. The van der Waals surface area contributed by atoms with E-state index in [9.17, 15) is 14.7 Å². The van der Waals surface area contributed by atoms with Crippen molar-refractivity contribution in [3.05, 3.63) is 70.3 Å². The lowest BCUT2D eigenvalue weighted by Crippen LogP contribution is -2.34. The van der Waals surface area contributed by atoms with E-state index in [1.165, 1.54) is 0 Å². The molecule has 0 spiro atoms. The van der Waals surface area contributed by atoms with Crippen molar-refractivity contribution in [2.24, 2.45) is 0 Å². The van der Waals surface area contributed by atoms with Crippen molar-refractivity contribution in [1.29, 1.82) is 0 Å². The molecule has 2 aromatic rings. The molecule has 5 heteroatoms. The number of ether oxygens (including phenoxy) is 1. The van der Waals surface area contributed by atoms with E-state index in [2.05, 4.69) is 5.32 Å². The molecule has 25 heavy (non-hydrogen) atoms. The van der Waals surface area contributed by atoms with Gasteiger partial charge in [-0.05, 0) is 41.7 Å². The minimum atomic E-state index is -1.08. The Morgan fingerprint density at radius 3 is 2.44 bits per heavy atom. The first-order valence-electron chi connectivity index (χ1n) is 8.06. The van der Waals surface area contributed by atoms with Crippen molar-refractivity contribution in [3.63, 3.8) is 0 Å². The van der Waals surface area contributed by atoms with Gasteiger partial charge in [-0.3, -0.25) is 4.79 Å². The Balaban J connectivity index is 2.11. The number of rotatable bonds is 7. The molecule has 1 atom stereocenters. The van der Waals surface area contributed by atoms with Crippen LogP contribution in [0.4, 0.5) is 0 Å². The van der Waals surface area contributed by atoms with Gasteiger partial charge in [0.1, 0.15) is 0 Å². The molecule has 2 aromatic carbocycles. The number of amides is 1. The lowest BCUT2D eigenvalue weighted by atomic mass is 10.0. The Bertz CT molecular complexity index is 770. The first kappa shape index (κ1) is 18.7. The highest BCUT2D eigenvalue weighted by atomic mass is 16.5. The monoisotopic (exact) mass is 341 g/mol. The molecule has 0 radical (unpaired) electrons. The third-order valence-electron chi connectivity index (χ3n) is 4.08. The number of methoxy groups -OCH3 is 1. The highest BCUT2D eigenvalue weighted by molar-refractivity contribution is 5.85. The van der Waals surface area contributed by atoms with Crippen LogP contribution < -0.4 is 5.32 Å². The molecule has 0 aromatic heterocycles. The average Bonchev–Trinajstić information content (AvgIpc) is 2.56. The maximum absolute atomic E-state index is 12.3. The molecular formula is C20H23NO4. The number of carbonyl (C=O) groups excluding carboxylic acids is 1. The van der Waals surface area contributed by atoms with E-state index in [4.69, 9.17) is 4.74 Å². The summed E-state index contributed by atoms with van der Waals surface area (Å²) in [4.78, 5) is 23.9. The smallest absolute Gasteiger partial charge is 0.330 e. The quantitative estimate of drug-likeness (QED) is 0.812. The van der Waals surface area contributed by atoms with Crippen LogP contribution in [-0.4, -0.2) is 24.1 Å². The van der Waals surface area contributed by atoms with Crippen LogP contribution in [0, 0.1) is 13.8 Å². The molecule has 2 N–H and O–H groups in total. The summed E-state index contributed by atoms with van der Waals surface area (Å²) in [5, 5.41) is 12.1. The zero-order valence-corrected chi connectivity index (χ0v) is 14.7. The number of hydrogen-bond acceptors (Lipinski definition) is 3. The van der Waals surface area contributed by atoms with Gasteiger partial charge in [-0.1, -0.05) is 42.5 Å². The third-order valence-corrected chi connectivity index (χ3v) is 4.08. The third kappa shape index (κ3) is 5.16. The summed E-state index contributed by atoms with van der Waals surface area (Å²) in [5.74, 6) is -1.41. The fourth-order valence-corrected chi connectivity index (χ4v) is 2.63. The average molecular weight is 341 g/mol. The number of aliphatic carboxylic acids is 1. The van der Waals surface area contributed by atoms with Crippen molar-refractivity contribution in [3.8, 4) is 0 Å². The summed E-state index contributed by atoms with van der Waals surface area (Å²) in [7, 11) is 1.61. The van der Waals surface area contributed by atoms with E-state index in [1.54, 1.807) is 19.2 Å². The van der Waals surface area contributed by atoms with Crippen molar-refractivity contribution < 1.29 is 19.4 Å². The number of nitrogens with one attached hydrogen (secondary N) is 1. The normalized spacial score (nSPS) is 11.8. The second-order valence-electron chi connectivity index (χ2n) is 6.11. The van der Waals surface area contributed by atoms with Gasteiger partial charge in [-0.15, -0.1) is 0 Å². The molecule has 5 nitrogen and oxygen atoms in total. The van der Waals surface area contributed by atoms with Gasteiger partial charge in [0, 0.05) is 7.11 Å². The van der Waals surface area contributed by atoms with Gasteiger partial charge in [0.15, 0.2) is 6.04 Å². The number of aryl methyl sites for hydroxylation is 2. The summed E-state index contributed by atoms with van der Waals surface area (Å²) in [6, 6.07) is 11.8. The molecule has 1 unspecified atom stereocenters. The molecule has 1 amide bonds. The number of carbonyl (C=O) groups is 2. The Kier molecular flexibility index (Phi) is 6.31. The van der Waals surface area contributed by atoms with E-state index in [-0.39, 0.29) is 12.3 Å². The van der Waals surface area contributed by atoms with E-state index >= 15 is 0 Å². The molecule has 0 heterocycles. The van der Waals surface area contributed by atoms with E-state index < -0.39 is 12.0 Å². The number of carboxylic acids is 1. The van der Waals surface area contributed by atoms with Crippen LogP contribution >= 0.6 is 0 Å². The molecule has 132 valence electrons. The zero-order valence-electron chi connectivity index (χ0n) is 14.7. The maximum Gasteiger partial charge on any atom is 0.330 e. The number of benzene rings is 2. The van der Waals surface area contributed by atoms with Gasteiger partial charge < -0.3 is 15.2 Å². The Morgan fingerprint density at radius 1 is 1.08 bits per heavy atom. The van der Waals surface area contributed by atoms with Crippen LogP contribution in [0.2, 0.25) is 0 Å². The SMILES string of the molecule is COCc1cccc(CC(=O)NC(C(=O)O)c2ccc(C)c(C)c2)c1. The van der Waals surface area contributed by atoms with Crippen LogP contribution in [0.5, 0.6) is 0 Å². The molecule has 0 saturated heterocycles. The minimum absolute atomic E-state index is 0.117. The van der Waals surface area contributed by atoms with Crippen LogP contribution in [0.3, 0.4) is 0 Å². The zero-order chi connectivity index (χ0) is 18.4. The lowest BCUT2D eigenvalue weighted by Gasteiger charge is -2.16. The summed E-state index contributed by atoms with van der Waals surface area (Å²) < 4.78 is 5.08. The van der Waals surface area contributed by atoms with Gasteiger partial charge >= 0.3 is 5.97 Å². The molecule has 0 bridgehead atoms. The summed E-state index contributed by atoms with van der Waals surface area (Å²) in [5.41, 5.74) is 4.42. The highest BCUT2D eigenvalue weighted by Crippen LogP contribution is 2.18. The van der Waals surface area contributed by atoms with Gasteiger partial charge in [-0.2, -0.15) is 0 Å². The minimum Gasteiger partial charge on any atom is -0.479 e. The molecule has 0 aliphatic rings. The number of carboxylic acid groups (broad SMARTS) is 1. The van der Waals surface area contributed by atoms with Gasteiger partial charge in [-0.25, -0.2) is 4.79 Å². The number of hydrogen-bond donors (Lipinski definition) is 2. The fourth-order valence-electron chi connectivity index (χ4n) is 2.63. The standard InChI is InChI=1S/C20H23NO4/c1-13-7-8-17(9-14(13)2)19(20(23)24)21-18(22)11-15-5-4-6-16(10-15)12-25-3/h4-10,19H,11-12H2,1-3H3,(H,21,22)(H,23,24). The molecule has 0 aliphatic heterocycles. The van der Waals surface area contributed by atoms with Gasteiger partial charge in [0.05, 0.1) is 13.0 Å². The predicted molar refractivity (Wildman–Crippen MR) is 95.3 cm³/mol. The van der Waals surface area contributed by atoms with Crippen molar-refractivity contribution >= 4 is 11.9 Å². The fraction of sp³-hybridized carbons (Fsp3) is 0.300. The second kappa shape index (κ2) is 8.44. The Labute approximate surface area is 147 Å². The van der Waals surface area contributed by atoms with Crippen LogP contribution in [0.25, 0.3) is 0 Å². The Hall–Kier alpha value is -2.66. The molecule has 0 aliphatic carbocycles. The highest BCUT2D eigenvalue weighted by Gasteiger charge is 2.22. The first-order chi connectivity index (χ1) is 11.9. The van der Waals surface area contributed by atoms with Gasteiger partial charge in [0.2, 0.25) is 5.91 Å². The summed E-state index contributed by atoms with van der Waals surface area (Å²) >= 11 is 0. The van der Waals surface area contributed by atoms with E-state index in [1.807, 2.05) is 44.2 Å². The van der Waals surface area contributed by atoms with Gasteiger partial charge in [0.25, 0.3) is 0 Å². The maximum atomic E-state index is 12.3. The molecule has 2 rings (SSSR count).